The van der Waals surface area contributed by atoms with Crippen LogP contribution in [0.1, 0.15) is 11.7 Å². The average Bonchev–Trinajstić information content (AvgIpc) is 2.17. The van der Waals surface area contributed by atoms with Gasteiger partial charge in [0.2, 0.25) is 0 Å². The number of ether oxygens (including phenoxy) is 1. The number of para-hydroxylation sites is 1. The molecule has 86 valence electrons. The molecule has 0 aromatic heterocycles. The number of hydrogen-bond acceptors (Lipinski definition) is 3. The van der Waals surface area contributed by atoms with E-state index in [1.165, 1.54) is 13.2 Å². The Hall–Kier alpha value is -0.650. The summed E-state index contributed by atoms with van der Waals surface area (Å²) in [7, 11) is 3.10. The molecule has 0 radical (unpaired) electrons. The van der Waals surface area contributed by atoms with Crippen LogP contribution in [-0.4, -0.2) is 25.8 Å². The topological polar surface area (TPSA) is 41.5 Å². The Morgan fingerprint density at radius 1 is 1.53 bits per heavy atom. The highest BCUT2D eigenvalue weighted by Crippen LogP contribution is 2.27. The Kier molecular flexibility index (Phi) is 6.47. The number of methoxy groups -OCH3 is 1. The molecule has 0 aliphatic heterocycles. The van der Waals surface area contributed by atoms with Crippen LogP contribution in [-0.2, 0) is 0 Å². The van der Waals surface area contributed by atoms with Crippen LogP contribution in [0.3, 0.4) is 0 Å². The second kappa shape index (κ2) is 6.76. The Morgan fingerprint density at radius 3 is 2.73 bits per heavy atom. The Bertz CT molecular complexity index is 309. The van der Waals surface area contributed by atoms with E-state index in [9.17, 15) is 9.50 Å². The van der Waals surface area contributed by atoms with Gasteiger partial charge in [-0.3, -0.25) is 0 Å². The van der Waals surface area contributed by atoms with Crippen molar-refractivity contribution in [3.8, 4) is 5.75 Å². The molecule has 3 nitrogen and oxygen atoms in total. The lowest BCUT2D eigenvalue weighted by Gasteiger charge is -2.14. The lowest BCUT2D eigenvalue weighted by Crippen LogP contribution is -2.17. The van der Waals surface area contributed by atoms with Crippen molar-refractivity contribution < 1.29 is 14.2 Å². The molecule has 1 unspecified atom stereocenters. The molecule has 0 saturated heterocycles. The molecule has 0 spiro atoms. The maximum absolute atomic E-state index is 13.2. The summed E-state index contributed by atoms with van der Waals surface area (Å²) in [5.74, 6) is -0.351. The number of rotatable bonds is 4. The van der Waals surface area contributed by atoms with Gasteiger partial charge in [0.25, 0.3) is 0 Å². The van der Waals surface area contributed by atoms with Crippen molar-refractivity contribution in [3.05, 3.63) is 29.6 Å². The molecular weight excluding hydrogens is 265 g/mol. The van der Waals surface area contributed by atoms with Gasteiger partial charge in [0, 0.05) is 12.1 Å². The Morgan fingerprint density at radius 2 is 2.20 bits per heavy atom. The van der Waals surface area contributed by atoms with Crippen molar-refractivity contribution >= 4 is 17.0 Å². The number of nitrogens with one attached hydrogen (secondary N) is 1. The quantitative estimate of drug-likeness (QED) is 0.881. The molecule has 5 heteroatoms. The third-order valence-electron chi connectivity index (χ3n) is 1.96. The Balaban J connectivity index is 0.00000196. The first-order chi connectivity index (χ1) is 6.70. The van der Waals surface area contributed by atoms with Crippen LogP contribution in [0.25, 0.3) is 0 Å². The minimum Gasteiger partial charge on any atom is -0.493 e. The van der Waals surface area contributed by atoms with Gasteiger partial charge >= 0.3 is 0 Å². The summed E-state index contributed by atoms with van der Waals surface area (Å²) in [4.78, 5) is 0. The van der Waals surface area contributed by atoms with E-state index < -0.39 is 11.9 Å². The molecule has 15 heavy (non-hydrogen) atoms. The number of hydrogen-bond donors (Lipinski definition) is 2. The number of likely N-dealkylation sites (N-methyl/N-ethyl adjacent to an activating group) is 1. The number of halogens is 2. The van der Waals surface area contributed by atoms with E-state index in [1.807, 2.05) is 0 Å². The van der Waals surface area contributed by atoms with Crippen LogP contribution < -0.4 is 10.1 Å². The zero-order valence-electron chi connectivity index (χ0n) is 8.66. The molecular formula is C10H15BrFNO2. The highest BCUT2D eigenvalue weighted by molar-refractivity contribution is 8.93. The molecule has 0 amide bonds. The van der Waals surface area contributed by atoms with Crippen molar-refractivity contribution in [1.82, 2.24) is 5.32 Å². The normalized spacial score (nSPS) is 11.7. The Labute approximate surface area is 99.0 Å². The number of aliphatic hydroxyl groups is 1. The molecule has 0 fully saturated rings. The first-order valence-electron chi connectivity index (χ1n) is 4.35. The molecule has 0 saturated carbocycles. The van der Waals surface area contributed by atoms with Gasteiger partial charge in [-0.25, -0.2) is 4.39 Å². The van der Waals surface area contributed by atoms with Gasteiger partial charge in [0.1, 0.15) is 0 Å². The summed E-state index contributed by atoms with van der Waals surface area (Å²) >= 11 is 0. The summed E-state index contributed by atoms with van der Waals surface area (Å²) in [6, 6.07) is 4.49. The lowest BCUT2D eigenvalue weighted by molar-refractivity contribution is 0.172. The standard InChI is InChI=1S/C10H14FNO2.BrH/c1-12-6-9(13)7-4-3-5-8(11)10(7)14-2;/h3-5,9,12-13H,6H2,1-2H3;1H. The number of aliphatic hydroxyl groups excluding tert-OH is 1. The second-order valence-corrected chi connectivity index (χ2v) is 2.94. The molecule has 0 aliphatic carbocycles. The first-order valence-corrected chi connectivity index (χ1v) is 4.35. The minimum absolute atomic E-state index is 0. The van der Waals surface area contributed by atoms with Crippen LogP contribution in [0.4, 0.5) is 4.39 Å². The van der Waals surface area contributed by atoms with Gasteiger partial charge in [-0.15, -0.1) is 17.0 Å². The molecule has 0 heterocycles. The maximum atomic E-state index is 13.2. The first kappa shape index (κ1) is 14.3. The van der Waals surface area contributed by atoms with Gasteiger partial charge in [0.15, 0.2) is 11.6 Å². The summed E-state index contributed by atoms with van der Waals surface area (Å²) in [6.07, 6.45) is -0.759. The van der Waals surface area contributed by atoms with Crippen LogP contribution in [0.5, 0.6) is 5.75 Å². The highest BCUT2D eigenvalue weighted by atomic mass is 79.9. The van der Waals surface area contributed by atoms with E-state index in [0.29, 0.717) is 12.1 Å². The molecule has 1 aromatic rings. The fraction of sp³-hybridized carbons (Fsp3) is 0.400. The third-order valence-corrected chi connectivity index (χ3v) is 1.96. The highest BCUT2D eigenvalue weighted by Gasteiger charge is 2.15. The predicted molar refractivity (Wildman–Crippen MR) is 62.2 cm³/mol. The van der Waals surface area contributed by atoms with Crippen molar-refractivity contribution in [1.29, 1.82) is 0 Å². The van der Waals surface area contributed by atoms with E-state index in [1.54, 1.807) is 19.2 Å². The molecule has 1 rings (SSSR count). The molecule has 0 aliphatic rings. The SMILES string of the molecule is Br.CNCC(O)c1cccc(F)c1OC. The fourth-order valence-electron chi connectivity index (χ4n) is 1.31. The van der Waals surface area contributed by atoms with E-state index in [-0.39, 0.29) is 22.7 Å². The minimum atomic E-state index is -0.759. The van der Waals surface area contributed by atoms with Crippen LogP contribution >= 0.6 is 17.0 Å². The predicted octanol–water partition coefficient (Wildman–Crippen LogP) is 1.66. The monoisotopic (exact) mass is 279 g/mol. The van der Waals surface area contributed by atoms with Crippen molar-refractivity contribution in [2.75, 3.05) is 20.7 Å². The molecule has 1 aromatic carbocycles. The summed E-state index contributed by atoms with van der Waals surface area (Å²) in [5, 5.41) is 12.5. The van der Waals surface area contributed by atoms with E-state index in [0.717, 1.165) is 0 Å². The van der Waals surface area contributed by atoms with Gasteiger partial charge in [0.05, 0.1) is 13.2 Å². The van der Waals surface area contributed by atoms with Crippen LogP contribution in [0, 0.1) is 5.82 Å². The number of benzene rings is 1. The van der Waals surface area contributed by atoms with Gasteiger partial charge in [-0.2, -0.15) is 0 Å². The van der Waals surface area contributed by atoms with Crippen molar-refractivity contribution in [3.63, 3.8) is 0 Å². The zero-order chi connectivity index (χ0) is 10.6. The third kappa shape index (κ3) is 3.44. The van der Waals surface area contributed by atoms with Gasteiger partial charge in [-0.05, 0) is 13.1 Å². The van der Waals surface area contributed by atoms with Crippen LogP contribution in [0.2, 0.25) is 0 Å². The van der Waals surface area contributed by atoms with Crippen molar-refractivity contribution in [2.45, 2.75) is 6.10 Å². The van der Waals surface area contributed by atoms with Gasteiger partial charge in [-0.1, -0.05) is 12.1 Å². The van der Waals surface area contributed by atoms with Crippen molar-refractivity contribution in [2.24, 2.45) is 0 Å². The van der Waals surface area contributed by atoms with E-state index >= 15 is 0 Å². The molecule has 1 atom stereocenters. The fourth-order valence-corrected chi connectivity index (χ4v) is 1.31. The van der Waals surface area contributed by atoms with Gasteiger partial charge < -0.3 is 15.2 Å². The van der Waals surface area contributed by atoms with Crippen LogP contribution in [0.15, 0.2) is 18.2 Å². The summed E-state index contributed by atoms with van der Waals surface area (Å²) < 4.78 is 18.1. The maximum Gasteiger partial charge on any atom is 0.165 e. The average molecular weight is 280 g/mol. The molecule has 2 N–H and O–H groups in total. The zero-order valence-corrected chi connectivity index (χ0v) is 10.4. The summed E-state index contributed by atoms with van der Waals surface area (Å²) in [6.45, 7) is 0.361. The van der Waals surface area contributed by atoms with E-state index in [4.69, 9.17) is 4.74 Å². The second-order valence-electron chi connectivity index (χ2n) is 2.94. The smallest absolute Gasteiger partial charge is 0.165 e. The lowest BCUT2D eigenvalue weighted by atomic mass is 10.1. The summed E-state index contributed by atoms with van der Waals surface area (Å²) in [5.41, 5.74) is 0.460. The molecule has 0 bridgehead atoms. The largest absolute Gasteiger partial charge is 0.493 e. The van der Waals surface area contributed by atoms with E-state index in [2.05, 4.69) is 5.32 Å².